The van der Waals surface area contributed by atoms with Gasteiger partial charge in [-0.25, -0.2) is 4.90 Å². The molecule has 0 unspecified atom stereocenters. The number of hydrogen-bond donors (Lipinski definition) is 1. The predicted octanol–water partition coefficient (Wildman–Crippen LogP) is 1.68. The number of aliphatic carboxylic acids is 1. The molecule has 2 aliphatic heterocycles. The summed E-state index contributed by atoms with van der Waals surface area (Å²) in [5.41, 5.74) is 1.77. The zero-order chi connectivity index (χ0) is 17.3. The van der Waals surface area contributed by atoms with E-state index >= 15 is 0 Å². The van der Waals surface area contributed by atoms with Gasteiger partial charge in [0.15, 0.2) is 0 Å². The second-order valence-corrected chi connectivity index (χ2v) is 6.46. The van der Waals surface area contributed by atoms with Crippen LogP contribution in [0.4, 0.5) is 5.69 Å². The highest BCUT2D eigenvalue weighted by molar-refractivity contribution is 6.22. The Labute approximate surface area is 141 Å². The number of rotatable bonds is 4. The summed E-state index contributed by atoms with van der Waals surface area (Å²) in [5, 5.41) is 9.07. The van der Waals surface area contributed by atoms with Gasteiger partial charge in [-0.15, -0.1) is 0 Å². The molecule has 24 heavy (non-hydrogen) atoms. The summed E-state index contributed by atoms with van der Waals surface area (Å²) in [6.07, 6.45) is 2.13. The minimum absolute atomic E-state index is 0.173. The number of carbonyl (C=O) groups excluding carboxylic acids is 2. The fraction of sp³-hybridized carbons (Fsp3) is 0.500. The number of amides is 2. The topological polar surface area (TPSA) is 77.9 Å². The van der Waals surface area contributed by atoms with Gasteiger partial charge in [0, 0.05) is 0 Å². The van der Waals surface area contributed by atoms with Crippen LogP contribution >= 0.6 is 0 Å². The largest absolute Gasteiger partial charge is 0.481 e. The Morgan fingerprint density at radius 2 is 1.79 bits per heavy atom. The highest BCUT2D eigenvalue weighted by atomic mass is 16.4. The van der Waals surface area contributed by atoms with Crippen LogP contribution in [0.1, 0.15) is 31.7 Å². The van der Waals surface area contributed by atoms with E-state index in [1.54, 1.807) is 0 Å². The maximum atomic E-state index is 12.7. The van der Waals surface area contributed by atoms with Crippen molar-refractivity contribution in [3.05, 3.63) is 29.8 Å². The normalized spacial score (nSPS) is 23.0. The molecule has 1 aromatic rings. The van der Waals surface area contributed by atoms with Crippen LogP contribution < -0.4 is 4.90 Å². The minimum Gasteiger partial charge on any atom is -0.481 e. The van der Waals surface area contributed by atoms with E-state index in [0.717, 1.165) is 12.0 Å². The average molecular weight is 330 g/mol. The van der Waals surface area contributed by atoms with Gasteiger partial charge in [-0.1, -0.05) is 19.1 Å². The zero-order valence-corrected chi connectivity index (χ0v) is 13.8. The van der Waals surface area contributed by atoms with Gasteiger partial charge in [0.1, 0.15) is 0 Å². The van der Waals surface area contributed by atoms with Crippen LogP contribution in [0, 0.1) is 5.92 Å². The zero-order valence-electron chi connectivity index (χ0n) is 13.8. The molecule has 2 heterocycles. The van der Waals surface area contributed by atoms with Gasteiger partial charge in [0.25, 0.3) is 5.91 Å². The maximum absolute atomic E-state index is 12.7. The number of nitrogens with zero attached hydrogens (tertiary/aromatic N) is 2. The van der Waals surface area contributed by atoms with Gasteiger partial charge in [-0.05, 0) is 50.0 Å². The Bertz CT molecular complexity index is 647. The lowest BCUT2D eigenvalue weighted by atomic mass is 9.96. The van der Waals surface area contributed by atoms with Gasteiger partial charge in [-0.3, -0.25) is 19.3 Å². The average Bonchev–Trinajstić information content (AvgIpc) is 2.89. The Morgan fingerprint density at radius 1 is 1.17 bits per heavy atom. The van der Waals surface area contributed by atoms with E-state index in [2.05, 4.69) is 6.92 Å². The number of hydrogen-bond acceptors (Lipinski definition) is 4. The molecule has 0 aromatic heterocycles. The van der Waals surface area contributed by atoms with Crippen molar-refractivity contribution in [2.45, 2.75) is 38.6 Å². The van der Waals surface area contributed by atoms with E-state index in [1.165, 1.54) is 4.90 Å². The monoisotopic (exact) mass is 330 g/mol. The first-order valence-electron chi connectivity index (χ1n) is 8.44. The van der Waals surface area contributed by atoms with Crippen molar-refractivity contribution >= 4 is 23.5 Å². The van der Waals surface area contributed by atoms with Crippen LogP contribution in [-0.2, 0) is 20.8 Å². The summed E-state index contributed by atoms with van der Waals surface area (Å²) >= 11 is 0. The number of anilines is 1. The highest BCUT2D eigenvalue weighted by Gasteiger charge is 2.43. The van der Waals surface area contributed by atoms with Crippen LogP contribution in [0.15, 0.2) is 24.3 Å². The Kier molecular flexibility index (Phi) is 4.66. The third kappa shape index (κ3) is 3.06. The molecular weight excluding hydrogens is 308 g/mol. The SMILES string of the molecule is CCc1ccc(N2C(=O)C[C@@H](N3CCC(C(=O)O)CC3)C2=O)cc1. The molecule has 6 heteroatoms. The Hall–Kier alpha value is -2.21. The molecule has 2 fully saturated rings. The number of carboxylic acids is 1. The molecule has 0 radical (unpaired) electrons. The molecule has 2 amide bonds. The maximum Gasteiger partial charge on any atom is 0.306 e. The number of benzene rings is 1. The van der Waals surface area contributed by atoms with Gasteiger partial charge >= 0.3 is 5.97 Å². The van der Waals surface area contributed by atoms with E-state index < -0.39 is 12.0 Å². The first-order valence-corrected chi connectivity index (χ1v) is 8.44. The molecule has 0 saturated carbocycles. The molecule has 0 aliphatic carbocycles. The summed E-state index contributed by atoms with van der Waals surface area (Å²) in [6.45, 7) is 3.14. The Balaban J connectivity index is 1.71. The number of likely N-dealkylation sites (tertiary alicyclic amines) is 1. The molecule has 1 atom stereocenters. The van der Waals surface area contributed by atoms with E-state index in [0.29, 0.717) is 31.6 Å². The first kappa shape index (κ1) is 16.6. The first-order chi connectivity index (χ1) is 11.5. The summed E-state index contributed by atoms with van der Waals surface area (Å²) < 4.78 is 0. The molecule has 2 saturated heterocycles. The standard InChI is InChI=1S/C18H22N2O4/c1-2-12-3-5-14(6-4-12)20-16(21)11-15(17(20)22)19-9-7-13(8-10-19)18(23)24/h3-6,13,15H,2,7-11H2,1H3,(H,23,24)/t15-/m1/s1. The molecule has 6 nitrogen and oxygen atoms in total. The summed E-state index contributed by atoms with van der Waals surface area (Å²) in [4.78, 5) is 39.4. The number of carboxylic acid groups (broad SMARTS) is 1. The van der Waals surface area contributed by atoms with Crippen molar-refractivity contribution in [1.82, 2.24) is 4.90 Å². The third-order valence-electron chi connectivity index (χ3n) is 5.05. The van der Waals surface area contributed by atoms with Crippen molar-refractivity contribution in [3.8, 4) is 0 Å². The molecule has 1 N–H and O–H groups in total. The molecule has 0 spiro atoms. The molecule has 0 bridgehead atoms. The van der Waals surface area contributed by atoms with Gasteiger partial charge < -0.3 is 5.11 Å². The Morgan fingerprint density at radius 3 is 2.33 bits per heavy atom. The van der Waals surface area contributed by atoms with Crippen molar-refractivity contribution < 1.29 is 19.5 Å². The van der Waals surface area contributed by atoms with E-state index in [4.69, 9.17) is 5.11 Å². The smallest absolute Gasteiger partial charge is 0.306 e. The van der Waals surface area contributed by atoms with Gasteiger partial charge in [-0.2, -0.15) is 0 Å². The van der Waals surface area contributed by atoms with Crippen LogP contribution in [-0.4, -0.2) is 46.9 Å². The molecule has 3 rings (SSSR count). The minimum atomic E-state index is -0.777. The van der Waals surface area contributed by atoms with E-state index in [-0.39, 0.29) is 24.2 Å². The van der Waals surface area contributed by atoms with Crippen LogP contribution in [0.2, 0.25) is 0 Å². The highest BCUT2D eigenvalue weighted by Crippen LogP contribution is 2.28. The molecule has 1 aromatic carbocycles. The lowest BCUT2D eigenvalue weighted by Crippen LogP contribution is -2.46. The van der Waals surface area contributed by atoms with Crippen molar-refractivity contribution in [2.75, 3.05) is 18.0 Å². The summed E-state index contributed by atoms with van der Waals surface area (Å²) in [7, 11) is 0. The van der Waals surface area contributed by atoms with Crippen LogP contribution in [0.5, 0.6) is 0 Å². The van der Waals surface area contributed by atoms with Crippen LogP contribution in [0.25, 0.3) is 0 Å². The number of carbonyl (C=O) groups is 3. The second-order valence-electron chi connectivity index (χ2n) is 6.46. The number of piperidine rings is 1. The second kappa shape index (κ2) is 6.73. The predicted molar refractivity (Wildman–Crippen MR) is 88.7 cm³/mol. The number of aryl methyl sites for hydroxylation is 1. The fourth-order valence-corrected chi connectivity index (χ4v) is 3.51. The summed E-state index contributed by atoms with van der Waals surface area (Å²) in [6, 6.07) is 7.03. The molecule has 2 aliphatic rings. The van der Waals surface area contributed by atoms with Crippen molar-refractivity contribution in [2.24, 2.45) is 5.92 Å². The van der Waals surface area contributed by atoms with Gasteiger partial charge in [0.05, 0.1) is 24.1 Å². The fourth-order valence-electron chi connectivity index (χ4n) is 3.51. The van der Waals surface area contributed by atoms with Crippen molar-refractivity contribution in [3.63, 3.8) is 0 Å². The van der Waals surface area contributed by atoms with E-state index in [9.17, 15) is 14.4 Å². The lowest BCUT2D eigenvalue weighted by Gasteiger charge is -2.33. The lowest BCUT2D eigenvalue weighted by molar-refractivity contribution is -0.143. The summed E-state index contributed by atoms with van der Waals surface area (Å²) in [5.74, 6) is -1.50. The molecular formula is C18H22N2O4. The molecule has 128 valence electrons. The number of imide groups is 1. The quantitative estimate of drug-likeness (QED) is 0.850. The van der Waals surface area contributed by atoms with Gasteiger partial charge in [0.2, 0.25) is 5.91 Å². The van der Waals surface area contributed by atoms with Crippen molar-refractivity contribution in [1.29, 1.82) is 0 Å². The van der Waals surface area contributed by atoms with E-state index in [1.807, 2.05) is 29.2 Å². The third-order valence-corrected chi connectivity index (χ3v) is 5.05. The van der Waals surface area contributed by atoms with Crippen LogP contribution in [0.3, 0.4) is 0 Å².